The number of para-hydroxylation sites is 1. The van der Waals surface area contributed by atoms with Crippen LogP contribution >= 0.6 is 0 Å². The van der Waals surface area contributed by atoms with Crippen molar-refractivity contribution >= 4 is 23.2 Å². The predicted molar refractivity (Wildman–Crippen MR) is 160 cm³/mol. The number of ketones is 1. The second-order valence-electron chi connectivity index (χ2n) is 13.6. The third-order valence-electron chi connectivity index (χ3n) is 10.7. The highest BCUT2D eigenvalue weighted by Gasteiger charge is 2.57. The van der Waals surface area contributed by atoms with Crippen molar-refractivity contribution in [2.45, 2.75) is 57.0 Å². The third-order valence-corrected chi connectivity index (χ3v) is 10.7. The molecule has 228 valence electrons. The van der Waals surface area contributed by atoms with E-state index in [4.69, 9.17) is 10.5 Å². The van der Waals surface area contributed by atoms with E-state index in [-0.39, 0.29) is 16.9 Å². The van der Waals surface area contributed by atoms with Gasteiger partial charge in [0.25, 0.3) is 0 Å². The summed E-state index contributed by atoms with van der Waals surface area (Å²) < 4.78 is 19.4. The zero-order chi connectivity index (χ0) is 29.7. The standard InChI is InChI=1S/C33H40FN5O4/c34-25-5-7-26(8-6-25)38(32(35)41)31-30(40)28(9-10-36-11-13-43-14-12-36)27-3-1-2-4-29(27)37(39(31)42)21-33-18-22-15-23(19-33)17-24(16-22)20-33/h1-8,22-24,28,31H,9-21H2,(H-,35,41)/p+1. The molecule has 2 atom stereocenters. The van der Waals surface area contributed by atoms with Crippen LogP contribution in [0.3, 0.4) is 0 Å². The van der Waals surface area contributed by atoms with E-state index in [0.717, 1.165) is 48.5 Å². The number of fused-ring (bicyclic) bond motifs is 1. The van der Waals surface area contributed by atoms with Crippen LogP contribution in [0.25, 0.3) is 0 Å². The van der Waals surface area contributed by atoms with Crippen molar-refractivity contribution in [1.82, 2.24) is 4.90 Å². The molecular weight excluding hydrogens is 549 g/mol. The van der Waals surface area contributed by atoms with Crippen LogP contribution in [0.15, 0.2) is 48.5 Å². The van der Waals surface area contributed by atoms with E-state index < -0.39 is 23.9 Å². The minimum Gasteiger partial charge on any atom is -0.379 e. The Labute approximate surface area is 251 Å². The Morgan fingerprint density at radius 3 is 2.26 bits per heavy atom. The number of benzene rings is 2. The number of hydrazine groups is 1. The van der Waals surface area contributed by atoms with E-state index in [1.54, 1.807) is 5.01 Å². The summed E-state index contributed by atoms with van der Waals surface area (Å²) >= 11 is 0. The SMILES string of the molecule is NC(=O)N(c1ccc(F)cc1)C1C(=O)C(CCN2CCOCC2)c2ccccc2N(CC23CC4CC(CC(C4)C2)C3)[N+]1=O. The lowest BCUT2D eigenvalue weighted by Gasteiger charge is -2.57. The van der Waals surface area contributed by atoms with Crippen LogP contribution in [0.5, 0.6) is 0 Å². The van der Waals surface area contributed by atoms with Gasteiger partial charge in [0.2, 0.25) is 5.78 Å². The van der Waals surface area contributed by atoms with E-state index in [1.165, 1.54) is 43.5 Å². The number of nitroso groups, excluding NO2 is 1. The van der Waals surface area contributed by atoms with Crippen molar-refractivity contribution in [2.24, 2.45) is 28.9 Å². The topological polar surface area (TPSA) is 99.2 Å². The molecule has 4 aliphatic carbocycles. The Kier molecular flexibility index (Phi) is 7.45. The van der Waals surface area contributed by atoms with Gasteiger partial charge in [0.15, 0.2) is 4.87 Å². The molecule has 2 unspecified atom stereocenters. The molecule has 4 bridgehead atoms. The summed E-state index contributed by atoms with van der Waals surface area (Å²) in [4.78, 5) is 46.5. The minimum atomic E-state index is -1.53. The van der Waals surface area contributed by atoms with Gasteiger partial charge >= 0.3 is 12.2 Å². The molecule has 5 fully saturated rings. The second kappa shape index (κ2) is 11.3. The normalized spacial score (nSPS) is 32.0. The van der Waals surface area contributed by atoms with Crippen molar-refractivity contribution in [2.75, 3.05) is 49.3 Å². The van der Waals surface area contributed by atoms with Gasteiger partial charge in [0.1, 0.15) is 11.5 Å². The summed E-state index contributed by atoms with van der Waals surface area (Å²) in [6.45, 7) is 3.99. The largest absolute Gasteiger partial charge is 0.379 e. The molecule has 4 saturated carbocycles. The number of nitrogens with zero attached hydrogens (tertiary/aromatic N) is 4. The number of halogens is 1. The van der Waals surface area contributed by atoms with E-state index >= 15 is 0 Å². The molecule has 6 aliphatic rings. The summed E-state index contributed by atoms with van der Waals surface area (Å²) in [5.41, 5.74) is 7.64. The van der Waals surface area contributed by atoms with Crippen LogP contribution in [0.4, 0.5) is 20.6 Å². The lowest BCUT2D eigenvalue weighted by molar-refractivity contribution is -0.584. The molecule has 0 aromatic heterocycles. The molecule has 8 rings (SSSR count). The quantitative estimate of drug-likeness (QED) is 0.464. The molecule has 0 radical (unpaired) electrons. The monoisotopic (exact) mass is 590 g/mol. The molecule has 2 amide bonds. The Balaban J connectivity index is 1.30. The number of Topliss-reactive ketones (excluding diaryl/α,β-unsaturated/α-hetero) is 1. The fourth-order valence-electron chi connectivity index (χ4n) is 9.30. The first-order chi connectivity index (χ1) is 20.8. The van der Waals surface area contributed by atoms with E-state index in [0.29, 0.717) is 55.3 Å². The Bertz CT molecular complexity index is 1360. The number of carbonyl (C=O) groups excluding carboxylic acids is 2. The summed E-state index contributed by atoms with van der Waals surface area (Å²) in [5, 5.41) is 1.74. The second-order valence-corrected chi connectivity index (χ2v) is 13.6. The molecule has 2 aromatic rings. The van der Waals surface area contributed by atoms with Gasteiger partial charge in [-0.3, -0.25) is 9.69 Å². The number of rotatable bonds is 7. The maximum absolute atomic E-state index is 14.8. The van der Waals surface area contributed by atoms with Crippen molar-refractivity contribution in [1.29, 1.82) is 0 Å². The van der Waals surface area contributed by atoms with Crippen LogP contribution in [0, 0.1) is 33.9 Å². The van der Waals surface area contributed by atoms with Gasteiger partial charge in [-0.05, 0) is 111 Å². The van der Waals surface area contributed by atoms with Crippen molar-refractivity contribution < 1.29 is 23.6 Å². The van der Waals surface area contributed by atoms with E-state index in [2.05, 4.69) is 4.90 Å². The minimum absolute atomic E-state index is 0.0147. The molecule has 1 saturated heterocycles. The first-order valence-corrected chi connectivity index (χ1v) is 15.8. The van der Waals surface area contributed by atoms with Gasteiger partial charge in [-0.1, -0.05) is 18.2 Å². The Morgan fingerprint density at radius 1 is 1.00 bits per heavy atom. The van der Waals surface area contributed by atoms with Gasteiger partial charge in [0.05, 0.1) is 36.3 Å². The molecule has 43 heavy (non-hydrogen) atoms. The first-order valence-electron chi connectivity index (χ1n) is 15.8. The van der Waals surface area contributed by atoms with Gasteiger partial charge in [-0.25, -0.2) is 14.1 Å². The number of primary amides is 1. The summed E-state index contributed by atoms with van der Waals surface area (Å²) in [6.07, 6.45) is 6.05. The maximum atomic E-state index is 14.8. The van der Waals surface area contributed by atoms with Crippen molar-refractivity contribution in [3.63, 3.8) is 0 Å². The van der Waals surface area contributed by atoms with E-state index in [1.807, 2.05) is 24.3 Å². The number of amides is 2. The number of anilines is 2. The Morgan fingerprint density at radius 2 is 1.63 bits per heavy atom. The molecule has 2 aliphatic heterocycles. The van der Waals surface area contributed by atoms with Crippen LogP contribution in [-0.2, 0) is 9.53 Å². The zero-order valence-electron chi connectivity index (χ0n) is 24.6. The average Bonchev–Trinajstić information content (AvgIpc) is 3.06. The van der Waals surface area contributed by atoms with Crippen molar-refractivity contribution in [3.05, 3.63) is 64.8 Å². The van der Waals surface area contributed by atoms with E-state index in [9.17, 15) is 18.9 Å². The number of carbonyl (C=O) groups is 2. The number of hydrogen-bond acceptors (Lipinski definition) is 5. The fraction of sp³-hybridized carbons (Fsp3) is 0.576. The molecule has 0 spiro atoms. The summed E-state index contributed by atoms with van der Waals surface area (Å²) in [5.74, 6) is 0.561. The van der Waals surface area contributed by atoms with Gasteiger partial charge in [-0.2, -0.15) is 0 Å². The smallest absolute Gasteiger partial charge is 0.375 e. The third kappa shape index (κ3) is 5.33. The van der Waals surface area contributed by atoms with Crippen LogP contribution in [0.1, 0.15) is 56.4 Å². The summed E-state index contributed by atoms with van der Waals surface area (Å²) in [6, 6.07) is 12.0. The molecular formula is C33H41FN5O4+. The van der Waals surface area contributed by atoms with Gasteiger partial charge in [-0.15, -0.1) is 5.01 Å². The lowest BCUT2D eigenvalue weighted by atomic mass is 9.49. The highest BCUT2D eigenvalue weighted by atomic mass is 19.1. The van der Waals surface area contributed by atoms with Crippen molar-refractivity contribution in [3.8, 4) is 0 Å². The highest BCUT2D eigenvalue weighted by molar-refractivity contribution is 6.02. The number of hydrogen-bond donors (Lipinski definition) is 1. The molecule has 2 aromatic carbocycles. The van der Waals surface area contributed by atoms with Gasteiger partial charge < -0.3 is 10.5 Å². The maximum Gasteiger partial charge on any atom is 0.375 e. The Hall–Kier alpha value is -3.37. The van der Waals surface area contributed by atoms with Gasteiger partial charge in [0, 0.05) is 13.1 Å². The molecule has 10 heteroatoms. The average molecular weight is 591 g/mol. The lowest BCUT2D eigenvalue weighted by Crippen LogP contribution is -2.60. The fourth-order valence-corrected chi connectivity index (χ4v) is 9.30. The number of morpholine rings is 1. The number of urea groups is 1. The molecule has 2 heterocycles. The molecule has 9 nitrogen and oxygen atoms in total. The highest BCUT2D eigenvalue weighted by Crippen LogP contribution is 2.60. The number of nitrogens with two attached hydrogens (primary N) is 1. The van der Waals surface area contributed by atoms with Crippen LogP contribution in [0.2, 0.25) is 0 Å². The summed E-state index contributed by atoms with van der Waals surface area (Å²) in [7, 11) is 0. The zero-order valence-corrected chi connectivity index (χ0v) is 24.6. The molecule has 2 N–H and O–H groups in total. The predicted octanol–water partition coefficient (Wildman–Crippen LogP) is 4.84. The van der Waals surface area contributed by atoms with Crippen LogP contribution in [-0.4, -0.2) is 67.1 Å². The first kappa shape index (κ1) is 28.4. The van der Waals surface area contributed by atoms with Crippen LogP contribution < -0.4 is 15.6 Å². The number of ether oxygens (including phenoxy) is 1.